The second-order valence-corrected chi connectivity index (χ2v) is 10.3. The van der Waals surface area contributed by atoms with Crippen molar-refractivity contribution < 1.29 is 9.59 Å². The molecular weight excluding hydrogens is 466 g/mol. The van der Waals surface area contributed by atoms with E-state index in [2.05, 4.69) is 45.0 Å². The molecule has 188 valence electrons. The summed E-state index contributed by atoms with van der Waals surface area (Å²) in [4.78, 5) is 32.9. The number of carbonyl (C=O) groups excluding carboxylic acids is 2. The van der Waals surface area contributed by atoms with Crippen molar-refractivity contribution in [1.29, 1.82) is 0 Å². The lowest BCUT2D eigenvalue weighted by Crippen LogP contribution is -2.44. The van der Waals surface area contributed by atoms with Crippen LogP contribution in [0.3, 0.4) is 0 Å². The number of aromatic amines is 1. The Bertz CT molecular complexity index is 1500. The number of hydrogen-bond acceptors (Lipinski definition) is 6. The molecule has 0 bridgehead atoms. The van der Waals surface area contributed by atoms with Gasteiger partial charge < -0.3 is 20.9 Å². The summed E-state index contributed by atoms with van der Waals surface area (Å²) in [6.07, 6.45) is 5.26. The van der Waals surface area contributed by atoms with Crippen molar-refractivity contribution in [2.24, 2.45) is 0 Å². The molecule has 9 heteroatoms. The molecule has 2 aromatic carbocycles. The Hall–Kier alpha value is -4.24. The second kappa shape index (κ2) is 9.01. The fourth-order valence-corrected chi connectivity index (χ4v) is 5.29. The van der Waals surface area contributed by atoms with Crippen LogP contribution in [0.5, 0.6) is 0 Å². The molecule has 4 heterocycles. The van der Waals surface area contributed by atoms with Gasteiger partial charge in [0.05, 0.1) is 23.3 Å². The van der Waals surface area contributed by atoms with E-state index < -0.39 is 0 Å². The first-order valence-corrected chi connectivity index (χ1v) is 12.5. The average molecular weight is 496 g/mol. The van der Waals surface area contributed by atoms with Gasteiger partial charge in [0.25, 0.3) is 5.91 Å². The quantitative estimate of drug-likeness (QED) is 0.328. The maximum atomic E-state index is 13.4. The molecule has 37 heavy (non-hydrogen) atoms. The number of hydrogen-bond donors (Lipinski definition) is 4. The van der Waals surface area contributed by atoms with Crippen molar-refractivity contribution >= 4 is 45.6 Å². The average Bonchev–Trinajstić information content (AvgIpc) is 3.63. The van der Waals surface area contributed by atoms with E-state index in [1.807, 2.05) is 41.3 Å². The number of benzene rings is 2. The van der Waals surface area contributed by atoms with Crippen molar-refractivity contribution in [2.45, 2.75) is 38.1 Å². The molecular formula is C28H29N7O2. The molecule has 4 N–H and O–H groups in total. The van der Waals surface area contributed by atoms with Gasteiger partial charge in [0.15, 0.2) is 0 Å². The number of fused-ring (bicyclic) bond motifs is 2. The van der Waals surface area contributed by atoms with Gasteiger partial charge in [0.2, 0.25) is 5.91 Å². The third-order valence-corrected chi connectivity index (χ3v) is 7.21. The third-order valence-electron chi connectivity index (χ3n) is 7.21. The fraction of sp³-hybridized carbons (Fsp3) is 0.286. The van der Waals surface area contributed by atoms with Gasteiger partial charge in [0, 0.05) is 40.6 Å². The van der Waals surface area contributed by atoms with E-state index in [1.165, 1.54) is 0 Å². The summed E-state index contributed by atoms with van der Waals surface area (Å²) in [5, 5.41) is 17.6. The fourth-order valence-electron chi connectivity index (χ4n) is 5.29. The van der Waals surface area contributed by atoms with E-state index in [9.17, 15) is 9.59 Å². The molecule has 2 aliphatic heterocycles. The first-order chi connectivity index (χ1) is 17.9. The van der Waals surface area contributed by atoms with Gasteiger partial charge in [0.1, 0.15) is 5.82 Å². The summed E-state index contributed by atoms with van der Waals surface area (Å²) in [6.45, 7) is 5.78. The highest BCUT2D eigenvalue weighted by Gasteiger charge is 2.40. The summed E-state index contributed by atoms with van der Waals surface area (Å²) in [5.74, 6) is 0.261. The molecule has 0 spiro atoms. The highest BCUT2D eigenvalue weighted by atomic mass is 16.2. The van der Waals surface area contributed by atoms with Gasteiger partial charge >= 0.3 is 0 Å². The number of H-pyrrole nitrogens is 1. The van der Waals surface area contributed by atoms with Crippen LogP contribution in [0.25, 0.3) is 10.9 Å². The first kappa shape index (κ1) is 23.2. The smallest absolute Gasteiger partial charge is 0.259 e. The van der Waals surface area contributed by atoms with Crippen LogP contribution in [0.1, 0.15) is 42.6 Å². The molecule has 0 aliphatic carbocycles. The van der Waals surface area contributed by atoms with Crippen molar-refractivity contribution in [2.75, 3.05) is 28.6 Å². The van der Waals surface area contributed by atoms with Crippen LogP contribution >= 0.6 is 0 Å². The van der Waals surface area contributed by atoms with E-state index in [1.54, 1.807) is 24.5 Å². The van der Waals surface area contributed by atoms with E-state index in [4.69, 9.17) is 0 Å². The Morgan fingerprint density at radius 1 is 1.11 bits per heavy atom. The number of aromatic nitrogens is 3. The first-order valence-electron chi connectivity index (χ1n) is 12.5. The Morgan fingerprint density at radius 3 is 2.81 bits per heavy atom. The Labute approximate surface area is 214 Å². The number of carbonyl (C=O) groups is 2. The van der Waals surface area contributed by atoms with E-state index in [0.717, 1.165) is 47.2 Å². The molecule has 0 radical (unpaired) electrons. The number of amides is 2. The van der Waals surface area contributed by atoms with Crippen LogP contribution in [-0.2, 0) is 10.2 Å². The van der Waals surface area contributed by atoms with Gasteiger partial charge in [-0.3, -0.25) is 14.7 Å². The van der Waals surface area contributed by atoms with Crippen LogP contribution < -0.4 is 20.9 Å². The van der Waals surface area contributed by atoms with Crippen LogP contribution in [0.2, 0.25) is 0 Å². The molecule has 2 aliphatic rings. The van der Waals surface area contributed by atoms with Crippen molar-refractivity contribution in [3.63, 3.8) is 0 Å². The van der Waals surface area contributed by atoms with E-state index in [0.29, 0.717) is 23.6 Å². The lowest BCUT2D eigenvalue weighted by Gasteiger charge is -2.23. The van der Waals surface area contributed by atoms with Crippen molar-refractivity contribution in [1.82, 2.24) is 20.5 Å². The number of nitrogens with zero attached hydrogens (tertiary/aromatic N) is 3. The molecule has 9 nitrogen and oxygen atoms in total. The van der Waals surface area contributed by atoms with E-state index in [-0.39, 0.29) is 23.3 Å². The molecule has 4 aromatic rings. The predicted octanol–water partition coefficient (Wildman–Crippen LogP) is 4.33. The number of anilines is 4. The predicted molar refractivity (Wildman–Crippen MR) is 144 cm³/mol. The number of pyridine rings is 1. The Kier molecular flexibility index (Phi) is 5.64. The van der Waals surface area contributed by atoms with Crippen LogP contribution in [-0.4, -0.2) is 46.1 Å². The largest absolute Gasteiger partial charge is 0.340 e. The molecule has 2 amide bonds. The van der Waals surface area contributed by atoms with Crippen molar-refractivity contribution in [3.8, 4) is 0 Å². The van der Waals surface area contributed by atoms with Gasteiger partial charge in [-0.15, -0.1) is 0 Å². The summed E-state index contributed by atoms with van der Waals surface area (Å²) in [6, 6.07) is 14.9. The van der Waals surface area contributed by atoms with Crippen LogP contribution in [0.4, 0.5) is 22.9 Å². The highest BCUT2D eigenvalue weighted by molar-refractivity contribution is 6.08. The lowest BCUT2D eigenvalue weighted by atomic mass is 9.87. The van der Waals surface area contributed by atoms with E-state index >= 15 is 0 Å². The molecule has 1 atom stereocenters. The Morgan fingerprint density at radius 2 is 1.97 bits per heavy atom. The van der Waals surface area contributed by atoms with Gasteiger partial charge in [-0.2, -0.15) is 5.10 Å². The number of nitrogens with one attached hydrogen (secondary N) is 4. The monoisotopic (exact) mass is 495 g/mol. The van der Waals surface area contributed by atoms with Crippen molar-refractivity contribution in [3.05, 3.63) is 72.1 Å². The zero-order chi connectivity index (χ0) is 25.6. The van der Waals surface area contributed by atoms with Gasteiger partial charge in [-0.1, -0.05) is 19.9 Å². The maximum Gasteiger partial charge on any atom is 0.259 e. The maximum absolute atomic E-state index is 13.4. The third kappa shape index (κ3) is 4.31. The molecule has 2 aromatic heterocycles. The minimum atomic E-state index is -0.286. The SMILES string of the molecule is CC1(C)CN(C(=O)C2CCCN2)c2cc(NC(=O)c3cccnc3Nc3ccc4cn[nH]c4c3)ccc21. The van der Waals surface area contributed by atoms with Gasteiger partial charge in [-0.05, 0) is 67.4 Å². The zero-order valence-corrected chi connectivity index (χ0v) is 20.8. The topological polar surface area (TPSA) is 115 Å². The number of rotatable bonds is 5. The molecule has 6 rings (SSSR count). The molecule has 1 fully saturated rings. The van der Waals surface area contributed by atoms with Gasteiger partial charge in [-0.25, -0.2) is 4.98 Å². The second-order valence-electron chi connectivity index (χ2n) is 10.3. The van der Waals surface area contributed by atoms with Crippen LogP contribution in [0, 0.1) is 0 Å². The molecule has 0 saturated carbocycles. The molecule has 1 saturated heterocycles. The summed E-state index contributed by atoms with van der Waals surface area (Å²) < 4.78 is 0. The minimum Gasteiger partial charge on any atom is -0.340 e. The minimum absolute atomic E-state index is 0.0979. The summed E-state index contributed by atoms with van der Waals surface area (Å²) in [5.41, 5.74) is 4.53. The van der Waals surface area contributed by atoms with Crippen LogP contribution in [0.15, 0.2) is 60.9 Å². The standard InChI is InChI=1S/C28H29N7O2/c1-28(2)16-35(27(37)22-6-4-11-29-22)24-14-19(9-10-21(24)28)33-26(36)20-5-3-12-30-25(20)32-18-8-7-17-15-31-34-23(17)13-18/h3,5,7-10,12-15,22,29H,4,6,11,16H2,1-2H3,(H,30,32)(H,31,34)(H,33,36). The normalized spacial score (nSPS) is 18.1. The zero-order valence-electron chi connectivity index (χ0n) is 20.8. The highest BCUT2D eigenvalue weighted by Crippen LogP contribution is 2.42. The summed E-state index contributed by atoms with van der Waals surface area (Å²) in [7, 11) is 0. The molecule has 1 unspecified atom stereocenters. The lowest BCUT2D eigenvalue weighted by molar-refractivity contribution is -0.120. The summed E-state index contributed by atoms with van der Waals surface area (Å²) >= 11 is 0. The Balaban J connectivity index is 1.25.